The quantitative estimate of drug-likeness (QED) is 0.447. The van der Waals surface area contributed by atoms with E-state index in [1.54, 1.807) is 24.3 Å². The molecule has 0 bridgehead atoms. The van der Waals surface area contributed by atoms with Crippen molar-refractivity contribution in [2.24, 2.45) is 10.2 Å². The van der Waals surface area contributed by atoms with Crippen LogP contribution in [0, 0.1) is 0 Å². The zero-order valence-corrected chi connectivity index (χ0v) is 16.4. The number of hydrogen-bond acceptors (Lipinski definition) is 7. The third-order valence-electron chi connectivity index (χ3n) is 4.26. The van der Waals surface area contributed by atoms with Gasteiger partial charge in [-0.2, -0.15) is 5.10 Å². The Labute approximate surface area is 167 Å². The minimum Gasteiger partial charge on any atom is -0.427 e. The molecule has 1 saturated heterocycles. The van der Waals surface area contributed by atoms with E-state index in [1.165, 1.54) is 25.1 Å². The average Bonchev–Trinajstić information content (AvgIpc) is 3.01. The molecule has 8 nitrogen and oxygen atoms in total. The number of thioether (sulfide) groups is 1. The number of nitrogens with one attached hydrogen (secondary N) is 2. The number of carbonyl (C=O) groups excluding carboxylic acids is 3. The van der Waals surface area contributed by atoms with E-state index >= 15 is 0 Å². The van der Waals surface area contributed by atoms with Crippen LogP contribution in [0.25, 0.3) is 0 Å². The van der Waals surface area contributed by atoms with Gasteiger partial charge in [-0.15, -0.1) is 5.10 Å². The van der Waals surface area contributed by atoms with E-state index in [-0.39, 0.29) is 18.2 Å². The van der Waals surface area contributed by atoms with E-state index < -0.39 is 11.2 Å². The predicted octanol–water partition coefficient (Wildman–Crippen LogP) is 2.85. The summed E-state index contributed by atoms with van der Waals surface area (Å²) in [5, 5.41) is 13.7. The molecule has 1 aromatic carbocycles. The highest BCUT2D eigenvalue weighted by atomic mass is 32.2. The van der Waals surface area contributed by atoms with Crippen molar-refractivity contribution in [2.45, 2.75) is 50.7 Å². The van der Waals surface area contributed by atoms with Gasteiger partial charge in [0.2, 0.25) is 11.8 Å². The van der Waals surface area contributed by atoms with E-state index in [2.05, 4.69) is 20.8 Å². The minimum absolute atomic E-state index is 0.0256. The SMILES string of the molecule is CC(=O)Oc1ccc(NC(=O)CC2S/C(=N/N=C3CCCCC3)NC2=O)cc1. The Hall–Kier alpha value is -2.68. The number of amides is 2. The van der Waals surface area contributed by atoms with Gasteiger partial charge in [0.15, 0.2) is 5.17 Å². The maximum Gasteiger partial charge on any atom is 0.308 e. The largest absolute Gasteiger partial charge is 0.427 e. The van der Waals surface area contributed by atoms with Gasteiger partial charge in [-0.3, -0.25) is 14.4 Å². The lowest BCUT2D eigenvalue weighted by atomic mass is 9.99. The van der Waals surface area contributed by atoms with E-state index in [4.69, 9.17) is 4.74 Å². The molecule has 1 atom stereocenters. The summed E-state index contributed by atoms with van der Waals surface area (Å²) in [5.41, 5.74) is 1.62. The summed E-state index contributed by atoms with van der Waals surface area (Å²) in [6.45, 7) is 1.32. The van der Waals surface area contributed by atoms with E-state index in [9.17, 15) is 14.4 Å². The van der Waals surface area contributed by atoms with Crippen molar-refractivity contribution >= 4 is 46.1 Å². The number of esters is 1. The molecule has 2 N–H and O–H groups in total. The third kappa shape index (κ3) is 5.91. The third-order valence-corrected chi connectivity index (χ3v) is 5.33. The Kier molecular flexibility index (Phi) is 6.80. The minimum atomic E-state index is -0.536. The van der Waals surface area contributed by atoms with Gasteiger partial charge < -0.3 is 15.4 Å². The van der Waals surface area contributed by atoms with Crippen LogP contribution in [0.5, 0.6) is 5.75 Å². The average molecular weight is 402 g/mol. The second-order valence-corrected chi connectivity index (χ2v) is 7.79. The van der Waals surface area contributed by atoms with Crippen molar-refractivity contribution in [3.63, 3.8) is 0 Å². The molecule has 1 unspecified atom stereocenters. The second-order valence-electron chi connectivity index (χ2n) is 6.60. The molecule has 0 radical (unpaired) electrons. The Morgan fingerprint density at radius 2 is 1.89 bits per heavy atom. The lowest BCUT2D eigenvalue weighted by Gasteiger charge is -2.10. The number of rotatable bonds is 5. The van der Waals surface area contributed by atoms with Gasteiger partial charge in [-0.05, 0) is 49.9 Å². The molecule has 1 aliphatic carbocycles. The fourth-order valence-corrected chi connectivity index (χ4v) is 3.83. The van der Waals surface area contributed by atoms with Gasteiger partial charge in [0.25, 0.3) is 0 Å². The van der Waals surface area contributed by atoms with Crippen molar-refractivity contribution in [3.05, 3.63) is 24.3 Å². The molecular weight excluding hydrogens is 380 g/mol. The molecule has 1 aliphatic heterocycles. The zero-order chi connectivity index (χ0) is 19.9. The van der Waals surface area contributed by atoms with Crippen LogP contribution in [0.4, 0.5) is 5.69 Å². The maximum absolute atomic E-state index is 12.2. The molecule has 3 rings (SSSR count). The van der Waals surface area contributed by atoms with E-state index in [1.807, 2.05) is 0 Å². The van der Waals surface area contributed by atoms with E-state index in [0.717, 1.165) is 31.4 Å². The van der Waals surface area contributed by atoms with Crippen LogP contribution in [-0.2, 0) is 14.4 Å². The molecule has 9 heteroatoms. The lowest BCUT2D eigenvalue weighted by molar-refractivity contribution is -0.131. The molecule has 2 aliphatic rings. The number of ether oxygens (including phenoxy) is 1. The van der Waals surface area contributed by atoms with Crippen LogP contribution in [0.15, 0.2) is 34.5 Å². The maximum atomic E-state index is 12.2. The first-order chi connectivity index (χ1) is 13.5. The Bertz CT molecular complexity index is 812. The highest BCUT2D eigenvalue weighted by Crippen LogP contribution is 2.24. The summed E-state index contributed by atoms with van der Waals surface area (Å²) < 4.78 is 4.94. The first-order valence-corrected chi connectivity index (χ1v) is 10.1. The summed E-state index contributed by atoms with van der Waals surface area (Å²) in [7, 11) is 0. The van der Waals surface area contributed by atoms with Crippen LogP contribution in [0.2, 0.25) is 0 Å². The first kappa shape index (κ1) is 20.1. The fraction of sp³-hybridized carbons (Fsp3) is 0.421. The van der Waals surface area contributed by atoms with Crippen LogP contribution < -0.4 is 15.4 Å². The molecule has 1 saturated carbocycles. The second kappa shape index (κ2) is 9.50. The number of carbonyl (C=O) groups is 3. The van der Waals surface area contributed by atoms with Gasteiger partial charge in [0.1, 0.15) is 11.0 Å². The molecule has 0 spiro atoms. The van der Waals surface area contributed by atoms with Crippen molar-refractivity contribution in [3.8, 4) is 5.75 Å². The highest BCUT2D eigenvalue weighted by molar-refractivity contribution is 8.15. The molecule has 28 heavy (non-hydrogen) atoms. The smallest absolute Gasteiger partial charge is 0.308 e. The summed E-state index contributed by atoms with van der Waals surface area (Å²) in [5.74, 6) is -0.538. The molecule has 148 valence electrons. The van der Waals surface area contributed by atoms with Gasteiger partial charge in [-0.1, -0.05) is 18.2 Å². The van der Waals surface area contributed by atoms with Crippen molar-refractivity contribution in [2.75, 3.05) is 5.32 Å². The van der Waals surface area contributed by atoms with Crippen LogP contribution in [-0.4, -0.2) is 33.9 Å². The van der Waals surface area contributed by atoms with Crippen LogP contribution in [0.1, 0.15) is 45.4 Å². The Morgan fingerprint density at radius 3 is 2.57 bits per heavy atom. The zero-order valence-electron chi connectivity index (χ0n) is 15.6. The number of nitrogens with zero attached hydrogens (tertiary/aromatic N) is 2. The lowest BCUT2D eigenvalue weighted by Crippen LogP contribution is -2.28. The summed E-state index contributed by atoms with van der Waals surface area (Å²) in [4.78, 5) is 35.2. The first-order valence-electron chi connectivity index (χ1n) is 9.19. The molecule has 1 heterocycles. The monoisotopic (exact) mass is 402 g/mol. The molecule has 2 fully saturated rings. The van der Waals surface area contributed by atoms with Crippen molar-refractivity contribution in [1.82, 2.24) is 5.32 Å². The number of amidine groups is 1. The van der Waals surface area contributed by atoms with Gasteiger partial charge in [-0.25, -0.2) is 0 Å². The summed E-state index contributed by atoms with van der Waals surface area (Å²) in [6.07, 6.45) is 5.43. The number of benzene rings is 1. The summed E-state index contributed by atoms with van der Waals surface area (Å²) >= 11 is 1.22. The van der Waals surface area contributed by atoms with Crippen LogP contribution in [0.3, 0.4) is 0 Å². The predicted molar refractivity (Wildman–Crippen MR) is 108 cm³/mol. The fourth-order valence-electron chi connectivity index (χ4n) is 2.92. The molecule has 0 aromatic heterocycles. The van der Waals surface area contributed by atoms with E-state index in [0.29, 0.717) is 16.6 Å². The van der Waals surface area contributed by atoms with Crippen molar-refractivity contribution in [1.29, 1.82) is 0 Å². The molecule has 2 amide bonds. The molecular formula is C19H22N4O4S. The van der Waals surface area contributed by atoms with Crippen LogP contribution >= 0.6 is 11.8 Å². The Balaban J connectivity index is 1.51. The van der Waals surface area contributed by atoms with Gasteiger partial charge in [0.05, 0.1) is 0 Å². The normalized spacial score (nSPS) is 20.6. The molecule has 1 aromatic rings. The van der Waals surface area contributed by atoms with Crippen molar-refractivity contribution < 1.29 is 19.1 Å². The topological polar surface area (TPSA) is 109 Å². The number of anilines is 1. The summed E-state index contributed by atoms with van der Waals surface area (Å²) in [6, 6.07) is 6.43. The standard InChI is InChI=1S/C19H22N4O4S/c1-12(24)27-15-9-7-13(8-10-15)20-17(25)11-16-18(26)21-19(28-16)23-22-14-5-3-2-4-6-14/h7-10,16H,2-6,11H2,1H3,(H,20,25)(H,21,23,26). The highest BCUT2D eigenvalue weighted by Gasteiger charge is 2.32. The van der Waals surface area contributed by atoms with Gasteiger partial charge in [0, 0.05) is 24.7 Å². The number of hydrogen-bond donors (Lipinski definition) is 2. The Morgan fingerprint density at radius 1 is 1.18 bits per heavy atom. The van der Waals surface area contributed by atoms with Gasteiger partial charge >= 0.3 is 5.97 Å².